The molecule has 2 aromatic rings. The summed E-state index contributed by atoms with van der Waals surface area (Å²) in [4.78, 5) is 15.5. The van der Waals surface area contributed by atoms with E-state index < -0.39 is 11.7 Å². The van der Waals surface area contributed by atoms with Crippen molar-refractivity contribution in [2.24, 2.45) is 0 Å². The molecular formula is C18H16F3N3O. The van der Waals surface area contributed by atoms with Crippen LogP contribution < -0.4 is 10.6 Å². The Morgan fingerprint density at radius 2 is 1.88 bits per heavy atom. The number of carbonyl (C=O) groups excluding carboxylic acids is 1. The number of rotatable bonds is 4. The van der Waals surface area contributed by atoms with Crippen LogP contribution in [0, 0.1) is 11.8 Å². The molecule has 0 bridgehead atoms. The maximum atomic E-state index is 12.6. The lowest BCUT2D eigenvalue weighted by molar-refractivity contribution is -0.137. The van der Waals surface area contributed by atoms with Gasteiger partial charge in [-0.15, -0.1) is 0 Å². The van der Waals surface area contributed by atoms with Crippen LogP contribution in [0.15, 0.2) is 48.8 Å². The summed E-state index contributed by atoms with van der Waals surface area (Å²) in [6.07, 6.45) is -0.367. The fourth-order valence-electron chi connectivity index (χ4n) is 1.98. The van der Waals surface area contributed by atoms with Crippen molar-refractivity contribution >= 4 is 6.03 Å². The van der Waals surface area contributed by atoms with Crippen LogP contribution in [-0.2, 0) is 12.6 Å². The topological polar surface area (TPSA) is 54.0 Å². The number of hydrogen-bond acceptors (Lipinski definition) is 2. The zero-order valence-electron chi connectivity index (χ0n) is 13.2. The third-order valence-corrected chi connectivity index (χ3v) is 3.21. The second-order valence-electron chi connectivity index (χ2n) is 5.10. The third kappa shape index (κ3) is 6.55. The van der Waals surface area contributed by atoms with Gasteiger partial charge in [0, 0.05) is 24.5 Å². The summed E-state index contributed by atoms with van der Waals surface area (Å²) >= 11 is 0. The van der Waals surface area contributed by atoms with Gasteiger partial charge in [-0.1, -0.05) is 17.9 Å². The number of hydrogen-bond donors (Lipinski definition) is 2. The van der Waals surface area contributed by atoms with Crippen LogP contribution in [0.2, 0.25) is 0 Å². The minimum absolute atomic E-state index is 0.0390. The first kappa shape index (κ1) is 18.3. The van der Waals surface area contributed by atoms with Gasteiger partial charge in [0.15, 0.2) is 0 Å². The largest absolute Gasteiger partial charge is 0.416 e. The summed E-state index contributed by atoms with van der Waals surface area (Å²) in [5.41, 5.74) is 0.551. The van der Waals surface area contributed by atoms with Crippen molar-refractivity contribution < 1.29 is 18.0 Å². The molecule has 2 amide bonds. The average molecular weight is 347 g/mol. The van der Waals surface area contributed by atoms with Crippen molar-refractivity contribution in [2.75, 3.05) is 13.1 Å². The van der Waals surface area contributed by atoms with Crippen LogP contribution in [-0.4, -0.2) is 24.1 Å². The molecule has 4 nitrogen and oxygen atoms in total. The van der Waals surface area contributed by atoms with E-state index >= 15 is 0 Å². The first-order valence-corrected chi connectivity index (χ1v) is 7.52. The quantitative estimate of drug-likeness (QED) is 0.836. The molecule has 25 heavy (non-hydrogen) atoms. The van der Waals surface area contributed by atoms with E-state index in [-0.39, 0.29) is 18.1 Å². The van der Waals surface area contributed by atoms with Crippen molar-refractivity contribution in [3.05, 3.63) is 65.5 Å². The number of nitrogens with one attached hydrogen (secondary N) is 2. The molecule has 0 fully saturated rings. The van der Waals surface area contributed by atoms with E-state index in [1.54, 1.807) is 12.4 Å². The van der Waals surface area contributed by atoms with Crippen LogP contribution >= 0.6 is 0 Å². The van der Waals surface area contributed by atoms with Gasteiger partial charge in [-0.25, -0.2) is 4.79 Å². The molecule has 0 saturated carbocycles. The van der Waals surface area contributed by atoms with Gasteiger partial charge < -0.3 is 10.6 Å². The Bertz CT molecular complexity index is 764. The molecule has 1 aromatic heterocycles. The molecule has 0 unspecified atom stereocenters. The molecule has 0 saturated heterocycles. The van der Waals surface area contributed by atoms with E-state index in [9.17, 15) is 18.0 Å². The lowest BCUT2D eigenvalue weighted by Gasteiger charge is -2.06. The highest BCUT2D eigenvalue weighted by Crippen LogP contribution is 2.29. The number of urea groups is 1. The normalized spacial score (nSPS) is 10.5. The van der Waals surface area contributed by atoms with Gasteiger partial charge in [-0.05, 0) is 42.3 Å². The van der Waals surface area contributed by atoms with Gasteiger partial charge >= 0.3 is 12.2 Å². The summed E-state index contributed by atoms with van der Waals surface area (Å²) in [5.74, 6) is 5.22. The lowest BCUT2D eigenvalue weighted by Crippen LogP contribution is -2.36. The molecule has 1 aromatic carbocycles. The van der Waals surface area contributed by atoms with E-state index in [0.717, 1.165) is 17.7 Å². The smallest absolute Gasteiger partial charge is 0.338 e. The fourth-order valence-corrected chi connectivity index (χ4v) is 1.98. The van der Waals surface area contributed by atoms with Gasteiger partial charge in [0.25, 0.3) is 0 Å². The molecule has 2 rings (SSSR count). The summed E-state index contributed by atoms with van der Waals surface area (Å²) in [6, 6.07) is 8.08. The van der Waals surface area contributed by atoms with Gasteiger partial charge in [-0.3, -0.25) is 4.98 Å². The molecule has 1 heterocycles. The molecule has 0 aliphatic rings. The fraction of sp³-hybridized carbons (Fsp3) is 0.222. The summed E-state index contributed by atoms with van der Waals surface area (Å²) < 4.78 is 37.8. The summed E-state index contributed by atoms with van der Waals surface area (Å²) in [7, 11) is 0. The SMILES string of the molecule is O=C(NCC#Cc1cccc(C(F)(F)F)c1)NCCc1ccncc1. The molecule has 2 N–H and O–H groups in total. The van der Waals surface area contributed by atoms with Crippen LogP contribution in [0.1, 0.15) is 16.7 Å². The van der Waals surface area contributed by atoms with Gasteiger partial charge in [0.2, 0.25) is 0 Å². The highest BCUT2D eigenvalue weighted by Gasteiger charge is 2.30. The molecule has 0 aliphatic heterocycles. The summed E-state index contributed by atoms with van der Waals surface area (Å²) in [6.45, 7) is 0.494. The minimum Gasteiger partial charge on any atom is -0.338 e. The first-order valence-electron chi connectivity index (χ1n) is 7.52. The monoisotopic (exact) mass is 347 g/mol. The van der Waals surface area contributed by atoms with Crippen molar-refractivity contribution in [3.63, 3.8) is 0 Å². The molecule has 130 valence electrons. The number of carbonyl (C=O) groups is 1. The van der Waals surface area contributed by atoms with Crippen LogP contribution in [0.5, 0.6) is 0 Å². The van der Waals surface area contributed by atoms with Crippen LogP contribution in [0.3, 0.4) is 0 Å². The average Bonchev–Trinajstić information content (AvgIpc) is 2.59. The van der Waals surface area contributed by atoms with E-state index in [1.807, 2.05) is 12.1 Å². The van der Waals surface area contributed by atoms with Crippen LogP contribution in [0.4, 0.5) is 18.0 Å². The predicted octanol–water partition coefficient (Wildman–Crippen LogP) is 2.99. The third-order valence-electron chi connectivity index (χ3n) is 3.21. The molecule has 0 radical (unpaired) electrons. The predicted molar refractivity (Wildman–Crippen MR) is 87.7 cm³/mol. The molecular weight excluding hydrogens is 331 g/mol. The van der Waals surface area contributed by atoms with Gasteiger partial charge in [-0.2, -0.15) is 13.2 Å². The number of nitrogens with zero attached hydrogens (tertiary/aromatic N) is 1. The Balaban J connectivity index is 1.74. The minimum atomic E-state index is -4.40. The maximum Gasteiger partial charge on any atom is 0.416 e. The highest BCUT2D eigenvalue weighted by molar-refractivity contribution is 5.74. The number of pyridine rings is 1. The number of alkyl halides is 3. The van der Waals surface area contributed by atoms with E-state index in [2.05, 4.69) is 27.5 Å². The Hall–Kier alpha value is -3.01. The second-order valence-corrected chi connectivity index (χ2v) is 5.10. The zero-order chi connectivity index (χ0) is 18.1. The maximum absolute atomic E-state index is 12.6. The number of aromatic nitrogens is 1. The van der Waals surface area contributed by atoms with E-state index in [0.29, 0.717) is 13.0 Å². The first-order chi connectivity index (χ1) is 11.9. The Kier molecular flexibility index (Phi) is 6.40. The van der Waals surface area contributed by atoms with Gasteiger partial charge in [0.05, 0.1) is 12.1 Å². The molecule has 0 spiro atoms. The Labute approximate surface area is 143 Å². The molecule has 0 atom stereocenters. The Morgan fingerprint density at radius 1 is 1.12 bits per heavy atom. The lowest BCUT2D eigenvalue weighted by atomic mass is 10.1. The molecule has 7 heteroatoms. The number of benzene rings is 1. The van der Waals surface area contributed by atoms with Crippen molar-refractivity contribution in [1.82, 2.24) is 15.6 Å². The van der Waals surface area contributed by atoms with E-state index in [4.69, 9.17) is 0 Å². The number of amides is 2. The van der Waals surface area contributed by atoms with Crippen molar-refractivity contribution in [1.29, 1.82) is 0 Å². The van der Waals surface area contributed by atoms with Crippen molar-refractivity contribution in [3.8, 4) is 11.8 Å². The standard InChI is InChI=1S/C18H16F3N3O/c19-18(20,21)16-5-1-3-15(13-16)4-2-9-23-17(25)24-12-8-14-6-10-22-11-7-14/h1,3,5-7,10-11,13H,8-9,12H2,(H2,23,24,25). The van der Waals surface area contributed by atoms with Crippen LogP contribution in [0.25, 0.3) is 0 Å². The number of halogens is 3. The molecule has 0 aliphatic carbocycles. The highest BCUT2D eigenvalue weighted by atomic mass is 19.4. The van der Waals surface area contributed by atoms with Crippen molar-refractivity contribution in [2.45, 2.75) is 12.6 Å². The van der Waals surface area contributed by atoms with E-state index in [1.165, 1.54) is 12.1 Å². The second kappa shape index (κ2) is 8.73. The zero-order valence-corrected chi connectivity index (χ0v) is 13.2. The van der Waals surface area contributed by atoms with Gasteiger partial charge in [0.1, 0.15) is 0 Å². The Morgan fingerprint density at radius 3 is 2.60 bits per heavy atom. The summed E-state index contributed by atoms with van der Waals surface area (Å²) in [5, 5.41) is 5.20.